The molecule has 0 amide bonds. The van der Waals surface area contributed by atoms with E-state index in [4.69, 9.17) is 4.74 Å². The summed E-state index contributed by atoms with van der Waals surface area (Å²) in [4.78, 5) is 0. The van der Waals surface area contributed by atoms with Crippen molar-refractivity contribution in [1.29, 1.82) is 0 Å². The van der Waals surface area contributed by atoms with Crippen molar-refractivity contribution in [3.63, 3.8) is 0 Å². The molecule has 0 aliphatic carbocycles. The predicted molar refractivity (Wildman–Crippen MR) is 93.7 cm³/mol. The molecule has 1 heteroatoms. The molecular formula is C20H32O. The summed E-state index contributed by atoms with van der Waals surface area (Å²) in [5.41, 5.74) is 2.69. The summed E-state index contributed by atoms with van der Waals surface area (Å²) >= 11 is 0. The number of ether oxygens (including phenoxy) is 1. The van der Waals surface area contributed by atoms with Crippen LogP contribution in [-0.4, -0.2) is 12.2 Å². The van der Waals surface area contributed by atoms with Crippen molar-refractivity contribution in [1.82, 2.24) is 0 Å². The minimum atomic E-state index is -0.0264. The first kappa shape index (κ1) is 18.0. The molecule has 1 aromatic carbocycles. The molecule has 0 bridgehead atoms. The Balaban J connectivity index is 2.36. The average Bonchev–Trinajstić information content (AvgIpc) is 2.41. The highest BCUT2D eigenvalue weighted by Crippen LogP contribution is 2.17. The van der Waals surface area contributed by atoms with E-state index in [1.54, 1.807) is 0 Å². The number of hydrogen-bond acceptors (Lipinski definition) is 1. The van der Waals surface area contributed by atoms with E-state index in [1.165, 1.54) is 17.5 Å². The third-order valence-corrected chi connectivity index (χ3v) is 3.51. The van der Waals surface area contributed by atoms with Gasteiger partial charge in [0.2, 0.25) is 0 Å². The van der Waals surface area contributed by atoms with Gasteiger partial charge >= 0.3 is 0 Å². The van der Waals surface area contributed by atoms with Crippen LogP contribution in [0.15, 0.2) is 30.3 Å². The molecule has 0 unspecified atom stereocenters. The molecule has 1 nitrogen and oxygen atoms in total. The Morgan fingerprint density at radius 2 is 1.86 bits per heavy atom. The zero-order valence-corrected chi connectivity index (χ0v) is 14.6. The molecule has 0 aliphatic heterocycles. The zero-order chi connectivity index (χ0) is 15.9. The van der Waals surface area contributed by atoms with Crippen LogP contribution in [0.1, 0.15) is 71.4 Å². The minimum absolute atomic E-state index is 0.0264. The van der Waals surface area contributed by atoms with E-state index < -0.39 is 0 Å². The predicted octanol–water partition coefficient (Wildman–Crippen LogP) is 6.05. The van der Waals surface area contributed by atoms with E-state index in [0.717, 1.165) is 13.0 Å². The first-order valence-electron chi connectivity index (χ1n) is 8.18. The maximum absolute atomic E-state index is 5.82. The number of allylic oxidation sites excluding steroid dienone is 1. The topological polar surface area (TPSA) is 9.23 Å². The van der Waals surface area contributed by atoms with Crippen molar-refractivity contribution >= 4 is 6.08 Å². The lowest BCUT2D eigenvalue weighted by Crippen LogP contribution is -2.22. The first-order chi connectivity index (χ1) is 9.78. The number of rotatable bonds is 7. The second-order valence-electron chi connectivity index (χ2n) is 7.33. The molecule has 0 fully saturated rings. The molecule has 1 rings (SSSR count). The molecular weight excluding hydrogens is 256 g/mol. The lowest BCUT2D eigenvalue weighted by molar-refractivity contribution is -0.0204. The molecule has 21 heavy (non-hydrogen) atoms. The maximum atomic E-state index is 5.82. The fourth-order valence-electron chi connectivity index (χ4n) is 2.10. The van der Waals surface area contributed by atoms with Gasteiger partial charge in [-0.1, -0.05) is 57.2 Å². The van der Waals surface area contributed by atoms with Crippen molar-refractivity contribution < 1.29 is 4.74 Å². The van der Waals surface area contributed by atoms with Crippen LogP contribution >= 0.6 is 0 Å². The fraction of sp³-hybridized carbons (Fsp3) is 0.600. The largest absolute Gasteiger partial charge is 0.376 e. The summed E-state index contributed by atoms with van der Waals surface area (Å²) in [6.45, 7) is 13.9. The molecule has 0 aromatic heterocycles. The van der Waals surface area contributed by atoms with Crippen molar-refractivity contribution in [2.45, 2.75) is 65.9 Å². The highest BCUT2D eigenvalue weighted by atomic mass is 16.5. The Kier molecular flexibility index (Phi) is 7.17. The van der Waals surface area contributed by atoms with E-state index in [2.05, 4.69) is 78.0 Å². The molecule has 0 saturated heterocycles. The third kappa shape index (κ3) is 8.06. The van der Waals surface area contributed by atoms with E-state index in [1.807, 2.05) is 0 Å². The van der Waals surface area contributed by atoms with Gasteiger partial charge in [-0.15, -0.1) is 0 Å². The summed E-state index contributed by atoms with van der Waals surface area (Å²) in [5, 5.41) is 0. The van der Waals surface area contributed by atoms with Gasteiger partial charge in [-0.2, -0.15) is 0 Å². The van der Waals surface area contributed by atoms with Crippen LogP contribution in [0.4, 0.5) is 0 Å². The van der Waals surface area contributed by atoms with Crippen molar-refractivity contribution in [2.24, 2.45) is 5.92 Å². The van der Waals surface area contributed by atoms with Crippen LogP contribution < -0.4 is 0 Å². The number of benzene rings is 1. The Morgan fingerprint density at radius 1 is 1.14 bits per heavy atom. The molecule has 0 saturated carbocycles. The smallest absolute Gasteiger partial charge is 0.0598 e. The molecule has 0 aliphatic rings. The third-order valence-electron chi connectivity index (χ3n) is 3.51. The summed E-state index contributed by atoms with van der Waals surface area (Å²) in [6, 6.07) is 8.81. The zero-order valence-electron chi connectivity index (χ0n) is 14.6. The molecule has 1 atom stereocenters. The second kappa shape index (κ2) is 8.38. The van der Waals surface area contributed by atoms with E-state index in [0.29, 0.717) is 11.8 Å². The minimum Gasteiger partial charge on any atom is -0.376 e. The van der Waals surface area contributed by atoms with Crippen LogP contribution in [0.2, 0.25) is 0 Å². The van der Waals surface area contributed by atoms with Gasteiger partial charge in [-0.3, -0.25) is 0 Å². The fourth-order valence-corrected chi connectivity index (χ4v) is 2.10. The van der Waals surface area contributed by atoms with Gasteiger partial charge in [0.05, 0.1) is 5.60 Å². The lowest BCUT2D eigenvalue weighted by Gasteiger charge is -2.22. The van der Waals surface area contributed by atoms with Crippen LogP contribution in [0, 0.1) is 5.92 Å². The molecule has 0 spiro atoms. The Morgan fingerprint density at radius 3 is 2.48 bits per heavy atom. The number of hydrogen-bond donors (Lipinski definition) is 0. The highest BCUT2D eigenvalue weighted by Gasteiger charge is 2.11. The van der Waals surface area contributed by atoms with Gasteiger partial charge < -0.3 is 4.74 Å². The van der Waals surface area contributed by atoms with Crippen molar-refractivity contribution in [3.8, 4) is 0 Å². The van der Waals surface area contributed by atoms with Crippen LogP contribution in [0.25, 0.3) is 6.08 Å². The monoisotopic (exact) mass is 288 g/mol. The normalized spacial score (nSPS) is 14.0. The van der Waals surface area contributed by atoms with E-state index in [-0.39, 0.29) is 5.60 Å². The Hall–Kier alpha value is -1.08. The molecule has 118 valence electrons. The average molecular weight is 288 g/mol. The van der Waals surface area contributed by atoms with Crippen LogP contribution in [0.5, 0.6) is 0 Å². The van der Waals surface area contributed by atoms with Gasteiger partial charge in [0.15, 0.2) is 0 Å². The van der Waals surface area contributed by atoms with Gasteiger partial charge in [0.1, 0.15) is 0 Å². The van der Waals surface area contributed by atoms with Crippen molar-refractivity contribution in [2.75, 3.05) is 6.61 Å². The van der Waals surface area contributed by atoms with Crippen LogP contribution in [-0.2, 0) is 4.74 Å². The van der Waals surface area contributed by atoms with Gasteiger partial charge in [-0.05, 0) is 56.6 Å². The van der Waals surface area contributed by atoms with E-state index in [9.17, 15) is 0 Å². The molecule has 0 radical (unpaired) electrons. The van der Waals surface area contributed by atoms with Crippen LogP contribution in [0.3, 0.4) is 0 Å². The lowest BCUT2D eigenvalue weighted by atomic mass is 10.0. The summed E-state index contributed by atoms with van der Waals surface area (Å²) in [7, 11) is 0. The molecule has 1 aromatic rings. The quantitative estimate of drug-likeness (QED) is 0.593. The van der Waals surface area contributed by atoms with Gasteiger partial charge in [-0.25, -0.2) is 0 Å². The molecule has 0 N–H and O–H groups in total. The maximum Gasteiger partial charge on any atom is 0.0598 e. The Labute approximate surface area is 131 Å². The summed E-state index contributed by atoms with van der Waals surface area (Å²) in [5.74, 6) is 1.20. The summed E-state index contributed by atoms with van der Waals surface area (Å²) < 4.78 is 5.82. The van der Waals surface area contributed by atoms with Gasteiger partial charge in [0, 0.05) is 6.61 Å². The SMILES string of the molecule is CC(C)c1cccc(/C=C/CC[C@H](C)COC(C)(C)C)c1. The summed E-state index contributed by atoms with van der Waals surface area (Å²) in [6.07, 6.45) is 6.81. The van der Waals surface area contributed by atoms with E-state index >= 15 is 0 Å². The second-order valence-corrected chi connectivity index (χ2v) is 7.33. The highest BCUT2D eigenvalue weighted by molar-refractivity contribution is 5.50. The van der Waals surface area contributed by atoms with Gasteiger partial charge in [0.25, 0.3) is 0 Å². The first-order valence-corrected chi connectivity index (χ1v) is 8.18. The Bertz CT molecular complexity index is 437. The molecule has 0 heterocycles. The van der Waals surface area contributed by atoms with Crippen molar-refractivity contribution in [3.05, 3.63) is 41.5 Å². The standard InChI is InChI=1S/C20H32O/c1-16(2)19-13-9-12-18(14-19)11-8-7-10-17(3)15-21-20(4,5)6/h8-9,11-14,16-17H,7,10,15H2,1-6H3/b11-8+/t17-/m0/s1.